The van der Waals surface area contributed by atoms with Gasteiger partial charge in [-0.3, -0.25) is 0 Å². The number of nitrogens with zero attached hydrogens (tertiary/aromatic N) is 2. The van der Waals surface area contributed by atoms with Gasteiger partial charge in [-0.1, -0.05) is 89.1 Å². The normalized spacial score (nSPS) is 12.2. The molecule has 0 bridgehead atoms. The summed E-state index contributed by atoms with van der Waals surface area (Å²) in [7, 11) is 13.0. The number of rotatable bonds is 31. The van der Waals surface area contributed by atoms with Crippen LogP contribution in [0.25, 0.3) is 0 Å². The molecule has 0 fully saturated rings. The third-order valence-corrected chi connectivity index (χ3v) is 10.1. The Hall–Kier alpha value is 0.194. The molecule has 0 saturated carbocycles. The Morgan fingerprint density at radius 2 is 0.632 bits per heavy atom. The number of methoxy groups -OCH3 is 4. The highest BCUT2D eigenvalue weighted by Gasteiger charge is 2.06. The van der Waals surface area contributed by atoms with Gasteiger partial charge >= 0.3 is 0 Å². The standard InChI is InChI=1S/C30H64N2O4Si2/c1-31(25-19-13-15-21-27-37-29(33-3)34-4)23-17-11-9-7-8-10-12-18-24-32(2)26-20-14-16-22-28-38-30(35-5)36-6/h29-30H,7-28H2,1-6H3. The maximum atomic E-state index is 5.26. The van der Waals surface area contributed by atoms with E-state index in [1.165, 1.54) is 141 Å². The molecule has 0 aliphatic heterocycles. The van der Waals surface area contributed by atoms with Crippen LogP contribution >= 0.6 is 0 Å². The van der Waals surface area contributed by atoms with Gasteiger partial charge in [-0.15, -0.1) is 0 Å². The minimum absolute atomic E-state index is 0.00612. The molecule has 0 N–H and O–H groups in total. The van der Waals surface area contributed by atoms with E-state index in [0.29, 0.717) is 0 Å². The lowest BCUT2D eigenvalue weighted by atomic mass is 10.1. The van der Waals surface area contributed by atoms with Crippen LogP contribution in [0.2, 0.25) is 12.1 Å². The molecule has 0 aliphatic rings. The molecular formula is C30H64N2O4Si2. The Labute approximate surface area is 242 Å². The Balaban J connectivity index is 3.31. The van der Waals surface area contributed by atoms with E-state index in [0.717, 1.165) is 19.0 Å². The maximum absolute atomic E-state index is 5.26. The maximum Gasteiger partial charge on any atom is 0.136 e. The molecule has 0 saturated heterocycles. The zero-order valence-electron chi connectivity index (χ0n) is 26.2. The van der Waals surface area contributed by atoms with Crippen molar-refractivity contribution >= 4 is 19.0 Å². The molecule has 0 aromatic carbocycles. The first kappa shape index (κ1) is 38.2. The molecule has 4 radical (unpaired) electrons. The van der Waals surface area contributed by atoms with Gasteiger partial charge in [-0.25, -0.2) is 0 Å². The van der Waals surface area contributed by atoms with E-state index >= 15 is 0 Å². The van der Waals surface area contributed by atoms with Crippen LogP contribution in [0.1, 0.15) is 103 Å². The van der Waals surface area contributed by atoms with Gasteiger partial charge in [-0.05, 0) is 66.0 Å². The predicted molar refractivity (Wildman–Crippen MR) is 166 cm³/mol. The molecule has 226 valence electrons. The summed E-state index contributed by atoms with van der Waals surface area (Å²) < 4.78 is 21.0. The first-order valence-corrected chi connectivity index (χ1v) is 18.1. The summed E-state index contributed by atoms with van der Waals surface area (Å²) in [5.41, 5.74) is 0. The fourth-order valence-corrected chi connectivity index (χ4v) is 6.78. The van der Waals surface area contributed by atoms with Crippen molar-refractivity contribution in [3.05, 3.63) is 0 Å². The average Bonchev–Trinajstić information content (AvgIpc) is 2.92. The van der Waals surface area contributed by atoms with Crippen molar-refractivity contribution in [2.75, 3.05) is 68.7 Å². The highest BCUT2D eigenvalue weighted by Crippen LogP contribution is 2.11. The zero-order chi connectivity index (χ0) is 28.1. The predicted octanol–water partition coefficient (Wildman–Crippen LogP) is 6.49. The van der Waals surface area contributed by atoms with Gasteiger partial charge in [0.05, 0.1) is 0 Å². The van der Waals surface area contributed by atoms with Crippen molar-refractivity contribution < 1.29 is 18.9 Å². The molecule has 0 unspecified atom stereocenters. The summed E-state index contributed by atoms with van der Waals surface area (Å²) in [6, 6.07) is 2.46. The first-order valence-electron chi connectivity index (χ1n) is 15.5. The van der Waals surface area contributed by atoms with E-state index < -0.39 is 0 Å². The van der Waals surface area contributed by atoms with Crippen LogP contribution in [-0.2, 0) is 18.9 Å². The largest absolute Gasteiger partial charge is 0.360 e. The van der Waals surface area contributed by atoms with Crippen LogP contribution < -0.4 is 0 Å². The Bertz CT molecular complexity index is 418. The van der Waals surface area contributed by atoms with Crippen molar-refractivity contribution in [2.24, 2.45) is 0 Å². The van der Waals surface area contributed by atoms with E-state index in [9.17, 15) is 0 Å². The monoisotopic (exact) mass is 572 g/mol. The summed E-state index contributed by atoms with van der Waals surface area (Å²) >= 11 is 0. The second-order valence-electron chi connectivity index (χ2n) is 10.8. The zero-order valence-corrected chi connectivity index (χ0v) is 28.2. The number of hydrogen-bond donors (Lipinski definition) is 0. The van der Waals surface area contributed by atoms with Crippen LogP contribution in [0.15, 0.2) is 0 Å². The lowest BCUT2D eigenvalue weighted by Crippen LogP contribution is -2.21. The fraction of sp³-hybridized carbons (Fsp3) is 1.00. The van der Waals surface area contributed by atoms with Gasteiger partial charge in [0.1, 0.15) is 30.9 Å². The smallest absolute Gasteiger partial charge is 0.136 e. The summed E-state index contributed by atoms with van der Waals surface area (Å²) in [6.07, 6.45) is 21.8. The third-order valence-electron chi connectivity index (χ3n) is 7.24. The quantitative estimate of drug-likeness (QED) is 0.0537. The van der Waals surface area contributed by atoms with Gasteiger partial charge in [0.15, 0.2) is 0 Å². The van der Waals surface area contributed by atoms with Crippen molar-refractivity contribution in [3.63, 3.8) is 0 Å². The molecule has 0 aromatic heterocycles. The van der Waals surface area contributed by atoms with Gasteiger partial charge in [0, 0.05) is 28.4 Å². The van der Waals surface area contributed by atoms with Crippen molar-refractivity contribution in [1.82, 2.24) is 9.80 Å². The van der Waals surface area contributed by atoms with Crippen molar-refractivity contribution in [1.29, 1.82) is 0 Å². The Morgan fingerprint density at radius 1 is 0.395 bits per heavy atom. The molecule has 0 amide bonds. The first-order chi connectivity index (χ1) is 18.6. The molecule has 0 atom stereocenters. The lowest BCUT2D eigenvalue weighted by Gasteiger charge is -2.17. The molecular weight excluding hydrogens is 509 g/mol. The van der Waals surface area contributed by atoms with E-state index in [1.807, 2.05) is 0 Å². The second-order valence-corrected chi connectivity index (χ2v) is 13.5. The summed E-state index contributed by atoms with van der Waals surface area (Å²) in [6.45, 7) is 5.03. The number of ether oxygens (including phenoxy) is 4. The molecule has 0 rings (SSSR count). The van der Waals surface area contributed by atoms with Gasteiger partial charge in [0.2, 0.25) is 0 Å². The fourth-order valence-electron chi connectivity index (χ4n) is 4.73. The topological polar surface area (TPSA) is 43.4 Å². The molecule has 0 aromatic rings. The molecule has 0 aliphatic carbocycles. The molecule has 38 heavy (non-hydrogen) atoms. The summed E-state index contributed by atoms with van der Waals surface area (Å²) in [5, 5.41) is 0. The van der Waals surface area contributed by atoms with Crippen LogP contribution in [0, 0.1) is 0 Å². The van der Waals surface area contributed by atoms with Gasteiger partial charge in [-0.2, -0.15) is 0 Å². The van der Waals surface area contributed by atoms with Crippen molar-refractivity contribution in [2.45, 2.75) is 127 Å². The van der Waals surface area contributed by atoms with E-state index in [-0.39, 0.29) is 11.8 Å². The molecule has 0 heterocycles. The molecule has 0 spiro atoms. The van der Waals surface area contributed by atoms with E-state index in [4.69, 9.17) is 18.9 Å². The average molecular weight is 573 g/mol. The molecule has 8 heteroatoms. The van der Waals surface area contributed by atoms with E-state index in [2.05, 4.69) is 23.9 Å². The Morgan fingerprint density at radius 3 is 0.895 bits per heavy atom. The van der Waals surface area contributed by atoms with Crippen LogP contribution in [0.4, 0.5) is 0 Å². The minimum atomic E-state index is 0.00612. The van der Waals surface area contributed by atoms with Crippen molar-refractivity contribution in [3.8, 4) is 0 Å². The van der Waals surface area contributed by atoms with Crippen LogP contribution in [0.5, 0.6) is 0 Å². The van der Waals surface area contributed by atoms with Gasteiger partial charge < -0.3 is 28.7 Å². The summed E-state index contributed by atoms with van der Waals surface area (Å²) in [5.74, 6) is 0.0122. The van der Waals surface area contributed by atoms with E-state index in [1.54, 1.807) is 28.4 Å². The SMILES string of the molecule is COC(OC)[Si]CCCCCCN(C)CCCCCCCCCCN(C)CCCCCC[Si]C(OC)OC. The van der Waals surface area contributed by atoms with Gasteiger partial charge in [0.25, 0.3) is 0 Å². The van der Waals surface area contributed by atoms with Crippen LogP contribution in [-0.4, -0.2) is 109 Å². The summed E-state index contributed by atoms with van der Waals surface area (Å²) in [4.78, 5) is 5.06. The third kappa shape index (κ3) is 26.4. The minimum Gasteiger partial charge on any atom is -0.360 e. The highest BCUT2D eigenvalue weighted by atomic mass is 28.2. The Kier molecular flexibility index (Phi) is 30.3. The lowest BCUT2D eigenvalue weighted by molar-refractivity contribution is -0.0442. The number of hydrogen-bond acceptors (Lipinski definition) is 6. The second kappa shape index (κ2) is 30.2. The number of unbranched alkanes of at least 4 members (excludes halogenated alkanes) is 13. The van der Waals surface area contributed by atoms with Crippen LogP contribution in [0.3, 0.4) is 0 Å². The molecule has 6 nitrogen and oxygen atoms in total. The highest BCUT2D eigenvalue weighted by molar-refractivity contribution is 6.36.